The molecule has 1 aliphatic heterocycles. The van der Waals surface area contributed by atoms with Crippen LogP contribution in [0.1, 0.15) is 40.4 Å². The lowest BCUT2D eigenvalue weighted by atomic mass is 9.98. The van der Waals surface area contributed by atoms with Crippen LogP contribution in [0.2, 0.25) is 0 Å². The second kappa shape index (κ2) is 11.4. The molecule has 3 amide bonds. The second-order valence-electron chi connectivity index (χ2n) is 8.29. The van der Waals surface area contributed by atoms with Crippen LogP contribution in [0, 0.1) is 11.3 Å². The summed E-state index contributed by atoms with van der Waals surface area (Å²) in [6, 6.07) is 13.0. The number of amides is 3. The number of hydrogen-bond donors (Lipinski definition) is 1. The van der Waals surface area contributed by atoms with E-state index in [1.54, 1.807) is 43.3 Å². The first kappa shape index (κ1) is 27.0. The smallest absolute Gasteiger partial charge is 0.351 e. The van der Waals surface area contributed by atoms with Gasteiger partial charge in [0.1, 0.15) is 0 Å². The Bertz CT molecular complexity index is 1340. The molecule has 0 radical (unpaired) electrons. The summed E-state index contributed by atoms with van der Waals surface area (Å²) in [5.41, 5.74) is 1.76. The van der Waals surface area contributed by atoms with Crippen LogP contribution >= 0.6 is 0 Å². The predicted octanol–water partition coefficient (Wildman–Crippen LogP) is 6.23. The van der Waals surface area contributed by atoms with Crippen molar-refractivity contribution >= 4 is 17.5 Å². The highest BCUT2D eigenvalue weighted by Crippen LogP contribution is 2.32. The molecular weight excluding hydrogens is 481 g/mol. The molecule has 0 atom stereocenters. The Labute approximate surface area is 213 Å². The number of nitriles is 1. The molecule has 0 bridgehead atoms. The highest BCUT2D eigenvalue weighted by Gasteiger charge is 2.31. The van der Waals surface area contributed by atoms with Gasteiger partial charge in [0.2, 0.25) is 0 Å². The number of allylic oxidation sites excluding steroid dienone is 4. The van der Waals surface area contributed by atoms with E-state index in [9.17, 15) is 22.8 Å². The monoisotopic (exact) mass is 506 g/mol. The molecule has 1 aliphatic rings. The number of carbonyl (C=O) groups is 2. The van der Waals surface area contributed by atoms with Gasteiger partial charge in [0.25, 0.3) is 5.91 Å². The van der Waals surface area contributed by atoms with Crippen LogP contribution in [0.25, 0.3) is 5.57 Å². The fraction of sp³-hybridized carbons (Fsp3) is 0.179. The molecule has 2 aromatic rings. The molecule has 0 spiro atoms. The molecular formula is C28H25F3N4O2. The van der Waals surface area contributed by atoms with Crippen molar-refractivity contribution in [1.29, 1.82) is 5.26 Å². The maximum absolute atomic E-state index is 13.5. The van der Waals surface area contributed by atoms with Crippen molar-refractivity contribution in [3.8, 4) is 6.07 Å². The molecule has 0 fully saturated rings. The van der Waals surface area contributed by atoms with Gasteiger partial charge in [0, 0.05) is 29.6 Å². The zero-order valence-electron chi connectivity index (χ0n) is 20.2. The molecule has 6 nitrogen and oxygen atoms in total. The average Bonchev–Trinajstić information content (AvgIpc) is 2.86. The van der Waals surface area contributed by atoms with E-state index < -0.39 is 17.8 Å². The van der Waals surface area contributed by atoms with Crippen LogP contribution in [-0.2, 0) is 12.7 Å². The zero-order chi connectivity index (χ0) is 27.2. The van der Waals surface area contributed by atoms with Crippen molar-refractivity contribution < 1.29 is 22.8 Å². The predicted molar refractivity (Wildman–Crippen MR) is 134 cm³/mol. The van der Waals surface area contributed by atoms with Crippen molar-refractivity contribution in [2.45, 2.75) is 26.1 Å². The lowest BCUT2D eigenvalue weighted by Crippen LogP contribution is -2.39. The maximum atomic E-state index is 13.5. The lowest BCUT2D eigenvalue weighted by Gasteiger charge is -2.32. The molecule has 3 rings (SSSR count). The van der Waals surface area contributed by atoms with E-state index in [4.69, 9.17) is 5.26 Å². The molecule has 1 heterocycles. The molecule has 37 heavy (non-hydrogen) atoms. The van der Waals surface area contributed by atoms with Gasteiger partial charge < -0.3 is 5.32 Å². The Kier molecular flexibility index (Phi) is 8.35. The average molecular weight is 507 g/mol. The number of urea groups is 1. The fourth-order valence-electron chi connectivity index (χ4n) is 3.67. The number of rotatable bonds is 7. The Morgan fingerprint density at radius 1 is 1.16 bits per heavy atom. The third-order valence-corrected chi connectivity index (χ3v) is 5.55. The van der Waals surface area contributed by atoms with Crippen LogP contribution in [-0.4, -0.2) is 28.3 Å². The van der Waals surface area contributed by atoms with Gasteiger partial charge >= 0.3 is 12.2 Å². The Balaban J connectivity index is 1.82. The number of benzene rings is 2. The highest BCUT2D eigenvalue weighted by molar-refractivity contribution is 5.96. The molecule has 0 saturated heterocycles. The summed E-state index contributed by atoms with van der Waals surface area (Å²) < 4.78 is 39.5. The van der Waals surface area contributed by atoms with Crippen LogP contribution < -0.4 is 5.32 Å². The van der Waals surface area contributed by atoms with Crippen molar-refractivity contribution in [2.75, 3.05) is 6.54 Å². The van der Waals surface area contributed by atoms with E-state index in [-0.39, 0.29) is 25.4 Å². The molecule has 9 heteroatoms. The van der Waals surface area contributed by atoms with E-state index in [0.29, 0.717) is 33.7 Å². The van der Waals surface area contributed by atoms with Crippen molar-refractivity contribution in [2.24, 2.45) is 0 Å². The third-order valence-electron chi connectivity index (χ3n) is 5.55. The van der Waals surface area contributed by atoms with Gasteiger partial charge in [-0.25, -0.2) is 4.79 Å². The Hall–Kier alpha value is -4.58. The number of nitrogens with zero attached hydrogens (tertiary/aromatic N) is 3. The van der Waals surface area contributed by atoms with Gasteiger partial charge in [-0.15, -0.1) is 0 Å². The van der Waals surface area contributed by atoms with Gasteiger partial charge in [-0.1, -0.05) is 43.5 Å². The van der Waals surface area contributed by atoms with Gasteiger partial charge in [-0.05, 0) is 48.4 Å². The second-order valence-corrected chi connectivity index (χ2v) is 8.29. The van der Waals surface area contributed by atoms with E-state index in [0.717, 1.165) is 12.1 Å². The van der Waals surface area contributed by atoms with E-state index in [1.807, 2.05) is 6.07 Å². The van der Waals surface area contributed by atoms with Crippen LogP contribution in [0.3, 0.4) is 0 Å². The number of carbonyl (C=O) groups excluding carboxylic acids is 2. The normalized spacial score (nSPS) is 13.0. The molecule has 0 saturated carbocycles. The van der Waals surface area contributed by atoms with E-state index in [1.165, 1.54) is 28.1 Å². The molecule has 0 aliphatic carbocycles. The SMILES string of the molecule is C=C1C(c2cccc(C(=O)NCCC#N)c2)=CC=CN1C(=O)N(Cc1cccc(C(F)(F)F)c1)C(=C)C. The third kappa shape index (κ3) is 6.55. The van der Waals surface area contributed by atoms with Crippen LogP contribution in [0.5, 0.6) is 0 Å². The number of nitrogens with one attached hydrogen (secondary N) is 1. The van der Waals surface area contributed by atoms with Gasteiger partial charge in [-0.2, -0.15) is 18.4 Å². The summed E-state index contributed by atoms with van der Waals surface area (Å²) in [5, 5.41) is 11.3. The minimum Gasteiger partial charge on any atom is -0.351 e. The molecule has 2 aromatic carbocycles. The summed E-state index contributed by atoms with van der Waals surface area (Å²) in [7, 11) is 0. The maximum Gasteiger partial charge on any atom is 0.416 e. The van der Waals surface area contributed by atoms with Crippen molar-refractivity contribution in [3.05, 3.63) is 114 Å². The van der Waals surface area contributed by atoms with Gasteiger partial charge in [-0.3, -0.25) is 14.6 Å². The summed E-state index contributed by atoms with van der Waals surface area (Å²) in [6.07, 6.45) is 0.585. The summed E-state index contributed by atoms with van der Waals surface area (Å²) in [6.45, 7) is 9.57. The van der Waals surface area contributed by atoms with Crippen LogP contribution in [0.15, 0.2) is 91.4 Å². The first-order chi connectivity index (χ1) is 17.5. The van der Waals surface area contributed by atoms with Crippen molar-refractivity contribution in [3.63, 3.8) is 0 Å². The quantitative estimate of drug-likeness (QED) is 0.452. The first-order valence-electron chi connectivity index (χ1n) is 11.3. The van der Waals surface area contributed by atoms with Crippen molar-refractivity contribution in [1.82, 2.24) is 15.1 Å². The fourth-order valence-corrected chi connectivity index (χ4v) is 3.67. The molecule has 0 aromatic heterocycles. The van der Waals surface area contributed by atoms with Gasteiger partial charge in [0.15, 0.2) is 0 Å². The lowest BCUT2D eigenvalue weighted by molar-refractivity contribution is -0.137. The first-order valence-corrected chi connectivity index (χ1v) is 11.3. The Morgan fingerprint density at radius 3 is 2.57 bits per heavy atom. The summed E-state index contributed by atoms with van der Waals surface area (Å²) >= 11 is 0. The number of halogens is 3. The topological polar surface area (TPSA) is 76.4 Å². The Morgan fingerprint density at radius 2 is 1.89 bits per heavy atom. The molecule has 0 unspecified atom stereocenters. The highest BCUT2D eigenvalue weighted by atomic mass is 19.4. The molecule has 190 valence electrons. The minimum atomic E-state index is -4.50. The standard InChI is InChI=1S/C28H25F3N4O2/c1-19(2)35(18-21-8-4-11-24(16-21)28(29,30)31)27(37)34-15-6-12-25(20(34)3)22-9-5-10-23(17-22)26(36)33-14-7-13-32/h4-6,8-12,15-17H,1,3,7,14,18H2,2H3,(H,33,36). The minimum absolute atomic E-state index is 0.118. The van der Waals surface area contributed by atoms with Gasteiger partial charge in [0.05, 0.1) is 30.3 Å². The zero-order valence-corrected chi connectivity index (χ0v) is 20.2. The largest absolute Gasteiger partial charge is 0.416 e. The van der Waals surface area contributed by atoms with E-state index >= 15 is 0 Å². The number of hydrogen-bond acceptors (Lipinski definition) is 3. The summed E-state index contributed by atoms with van der Waals surface area (Å²) in [5.74, 6) is -0.336. The van der Waals surface area contributed by atoms with Crippen LogP contribution in [0.4, 0.5) is 18.0 Å². The van der Waals surface area contributed by atoms with E-state index in [2.05, 4.69) is 18.5 Å². The number of alkyl halides is 3. The summed E-state index contributed by atoms with van der Waals surface area (Å²) in [4.78, 5) is 28.4. The molecule has 1 N–H and O–H groups in total.